The average molecular weight is 599 g/mol. The summed E-state index contributed by atoms with van der Waals surface area (Å²) in [6.07, 6.45) is 3.07. The molecule has 0 radical (unpaired) electrons. The second-order valence-electron chi connectivity index (χ2n) is 11.5. The highest BCUT2D eigenvalue weighted by atomic mass is 19.1. The first-order valence-electron chi connectivity index (χ1n) is 15.1. The van der Waals surface area contributed by atoms with Gasteiger partial charge in [0.1, 0.15) is 17.9 Å². The van der Waals surface area contributed by atoms with Crippen LogP contribution in [0, 0.1) is 5.82 Å². The van der Waals surface area contributed by atoms with Gasteiger partial charge in [0, 0.05) is 36.6 Å². The Bertz CT molecular complexity index is 1560. The summed E-state index contributed by atoms with van der Waals surface area (Å²) in [4.78, 5) is 59.0. The zero-order valence-corrected chi connectivity index (χ0v) is 24.5. The molecular formula is C34H35FN4O5. The molecule has 3 amide bonds. The van der Waals surface area contributed by atoms with E-state index in [1.54, 1.807) is 42.5 Å². The van der Waals surface area contributed by atoms with E-state index in [4.69, 9.17) is 4.74 Å². The number of benzene rings is 3. The third-order valence-electron chi connectivity index (χ3n) is 8.88. The fraction of sp³-hybridized carbons (Fsp3) is 0.353. The van der Waals surface area contributed by atoms with E-state index in [1.807, 2.05) is 24.3 Å². The molecule has 2 heterocycles. The lowest BCUT2D eigenvalue weighted by molar-refractivity contribution is -0.148. The SMILES string of the molecule is O=C1C(=O)N(CC(=O)N(Cc2ccccc2F)C2(C(=O)Nc3ccc(N4CCOCC4)cc3)CCCCC2)c2ccccc21. The highest BCUT2D eigenvalue weighted by molar-refractivity contribution is 6.52. The summed E-state index contributed by atoms with van der Waals surface area (Å²) in [6.45, 7) is 2.30. The number of ketones is 1. The van der Waals surface area contributed by atoms with Gasteiger partial charge < -0.3 is 19.9 Å². The standard InChI is InChI=1S/C34H35FN4O5/c35-28-10-4-2-8-24(28)22-39(30(40)23-38-29-11-5-3-9-27(29)31(41)32(38)42)34(16-6-1-7-17-34)33(43)36-25-12-14-26(15-13-25)37-18-20-44-21-19-37/h2-5,8-15H,1,6-7,16-23H2,(H,36,43). The van der Waals surface area contributed by atoms with Crippen molar-refractivity contribution in [2.24, 2.45) is 0 Å². The molecule has 0 spiro atoms. The lowest BCUT2D eigenvalue weighted by atomic mass is 9.78. The zero-order valence-electron chi connectivity index (χ0n) is 24.5. The van der Waals surface area contributed by atoms with E-state index in [9.17, 15) is 19.2 Å². The summed E-state index contributed by atoms with van der Waals surface area (Å²) in [5.41, 5.74) is 1.18. The van der Waals surface area contributed by atoms with E-state index >= 15 is 4.39 Å². The molecule has 1 saturated heterocycles. The van der Waals surface area contributed by atoms with Gasteiger partial charge >= 0.3 is 0 Å². The van der Waals surface area contributed by atoms with Crippen LogP contribution in [0.5, 0.6) is 0 Å². The molecule has 0 aromatic heterocycles. The highest BCUT2D eigenvalue weighted by Gasteiger charge is 2.48. The van der Waals surface area contributed by atoms with E-state index in [0.29, 0.717) is 50.3 Å². The summed E-state index contributed by atoms with van der Waals surface area (Å²) >= 11 is 0. The molecule has 228 valence electrons. The third kappa shape index (κ3) is 5.69. The van der Waals surface area contributed by atoms with E-state index < -0.39 is 35.5 Å². The van der Waals surface area contributed by atoms with Gasteiger partial charge in [0.05, 0.1) is 24.5 Å². The Morgan fingerprint density at radius 2 is 1.57 bits per heavy atom. The van der Waals surface area contributed by atoms with Crippen LogP contribution in [0.15, 0.2) is 72.8 Å². The Morgan fingerprint density at radius 1 is 0.886 bits per heavy atom. The van der Waals surface area contributed by atoms with Crippen molar-refractivity contribution in [1.29, 1.82) is 0 Å². The first-order valence-corrected chi connectivity index (χ1v) is 15.1. The Balaban J connectivity index is 1.31. The van der Waals surface area contributed by atoms with E-state index in [2.05, 4.69) is 10.2 Å². The number of morpholine rings is 1. The maximum atomic E-state index is 15.0. The number of nitrogens with one attached hydrogen (secondary N) is 1. The lowest BCUT2D eigenvalue weighted by Gasteiger charge is -2.45. The van der Waals surface area contributed by atoms with E-state index in [1.165, 1.54) is 11.0 Å². The van der Waals surface area contributed by atoms with Crippen LogP contribution < -0.4 is 15.1 Å². The first-order chi connectivity index (χ1) is 21.4. The van der Waals surface area contributed by atoms with Crippen molar-refractivity contribution >= 4 is 40.6 Å². The van der Waals surface area contributed by atoms with Crippen LogP contribution in [0.2, 0.25) is 0 Å². The monoisotopic (exact) mass is 598 g/mol. The number of halogens is 1. The molecule has 9 nitrogen and oxygen atoms in total. The molecule has 1 saturated carbocycles. The number of ether oxygens (including phenoxy) is 1. The lowest BCUT2D eigenvalue weighted by Crippen LogP contribution is -2.61. The largest absolute Gasteiger partial charge is 0.378 e. The van der Waals surface area contributed by atoms with Gasteiger partial charge in [-0.25, -0.2) is 4.39 Å². The topological polar surface area (TPSA) is 99.3 Å². The van der Waals surface area contributed by atoms with Crippen molar-refractivity contribution in [3.63, 3.8) is 0 Å². The average Bonchev–Trinajstić information content (AvgIpc) is 3.30. The number of rotatable bonds is 8. The van der Waals surface area contributed by atoms with Crippen LogP contribution in [-0.2, 0) is 25.7 Å². The Kier molecular flexibility index (Phi) is 8.43. The molecule has 2 fully saturated rings. The minimum Gasteiger partial charge on any atom is -0.378 e. The van der Waals surface area contributed by atoms with Crippen molar-refractivity contribution < 1.29 is 28.3 Å². The van der Waals surface area contributed by atoms with Crippen molar-refractivity contribution in [2.45, 2.75) is 44.2 Å². The Morgan fingerprint density at radius 3 is 2.30 bits per heavy atom. The summed E-state index contributed by atoms with van der Waals surface area (Å²) in [5, 5.41) is 3.04. The van der Waals surface area contributed by atoms with Gasteiger partial charge in [-0.05, 0) is 55.3 Å². The maximum Gasteiger partial charge on any atom is 0.299 e. The number of carbonyl (C=O) groups excluding carboxylic acids is 4. The molecule has 0 unspecified atom stereocenters. The normalized spacial score (nSPS) is 17.8. The smallest absolute Gasteiger partial charge is 0.299 e. The fourth-order valence-corrected chi connectivity index (χ4v) is 6.48. The number of amides is 3. The van der Waals surface area contributed by atoms with Crippen LogP contribution >= 0.6 is 0 Å². The quantitative estimate of drug-likeness (QED) is 0.382. The third-order valence-corrected chi connectivity index (χ3v) is 8.88. The van der Waals surface area contributed by atoms with E-state index in [-0.39, 0.29) is 23.6 Å². The fourth-order valence-electron chi connectivity index (χ4n) is 6.48. The second kappa shape index (κ2) is 12.6. The van der Waals surface area contributed by atoms with Gasteiger partial charge in [-0.2, -0.15) is 0 Å². The predicted molar refractivity (Wildman–Crippen MR) is 164 cm³/mol. The molecule has 10 heteroatoms. The van der Waals surface area contributed by atoms with Crippen LogP contribution in [0.4, 0.5) is 21.5 Å². The molecule has 2 aliphatic heterocycles. The number of nitrogens with zero attached hydrogens (tertiary/aromatic N) is 3. The number of carbonyl (C=O) groups is 4. The highest BCUT2D eigenvalue weighted by Crippen LogP contribution is 2.38. The summed E-state index contributed by atoms with van der Waals surface area (Å²) in [5.74, 6) is -2.86. The molecule has 1 aliphatic carbocycles. The van der Waals surface area contributed by atoms with Gasteiger partial charge in [-0.15, -0.1) is 0 Å². The number of anilines is 3. The Labute approximate surface area is 255 Å². The van der Waals surface area contributed by atoms with Gasteiger partial charge in [-0.1, -0.05) is 49.6 Å². The van der Waals surface area contributed by atoms with Crippen LogP contribution in [0.25, 0.3) is 0 Å². The number of para-hydroxylation sites is 1. The van der Waals surface area contributed by atoms with Crippen molar-refractivity contribution in [1.82, 2.24) is 4.90 Å². The zero-order chi connectivity index (χ0) is 30.7. The summed E-state index contributed by atoms with van der Waals surface area (Å²) in [6, 6.07) is 20.3. The van der Waals surface area contributed by atoms with Gasteiger partial charge in [0.2, 0.25) is 11.8 Å². The molecule has 0 bridgehead atoms. The predicted octanol–water partition coefficient (Wildman–Crippen LogP) is 4.56. The molecule has 0 atom stereocenters. The first kappa shape index (κ1) is 29.5. The Hall–Kier alpha value is -4.57. The van der Waals surface area contributed by atoms with E-state index in [0.717, 1.165) is 30.1 Å². The summed E-state index contributed by atoms with van der Waals surface area (Å²) in [7, 11) is 0. The number of Topliss-reactive ketones (excluding diaryl/α,β-unsaturated/α-hetero) is 1. The molecule has 3 aromatic rings. The minimum atomic E-state index is -1.28. The minimum absolute atomic E-state index is 0.160. The molecule has 44 heavy (non-hydrogen) atoms. The number of hydrogen-bond donors (Lipinski definition) is 1. The molecule has 3 aromatic carbocycles. The van der Waals surface area contributed by atoms with Crippen LogP contribution in [0.3, 0.4) is 0 Å². The van der Waals surface area contributed by atoms with Crippen LogP contribution in [-0.4, -0.2) is 66.8 Å². The molecule has 1 N–H and O–H groups in total. The van der Waals surface area contributed by atoms with Crippen LogP contribution in [0.1, 0.15) is 48.0 Å². The van der Waals surface area contributed by atoms with Gasteiger partial charge in [-0.3, -0.25) is 24.1 Å². The van der Waals surface area contributed by atoms with Gasteiger partial charge in [0.15, 0.2) is 0 Å². The molecule has 6 rings (SSSR count). The molecular weight excluding hydrogens is 563 g/mol. The van der Waals surface area contributed by atoms with Crippen molar-refractivity contribution in [3.8, 4) is 0 Å². The number of fused-ring (bicyclic) bond motifs is 1. The van der Waals surface area contributed by atoms with Crippen molar-refractivity contribution in [3.05, 3.63) is 89.7 Å². The molecule has 3 aliphatic rings. The summed E-state index contributed by atoms with van der Waals surface area (Å²) < 4.78 is 20.4. The number of hydrogen-bond acceptors (Lipinski definition) is 6. The van der Waals surface area contributed by atoms with Gasteiger partial charge in [0.25, 0.3) is 11.7 Å². The maximum absolute atomic E-state index is 15.0. The van der Waals surface area contributed by atoms with Crippen molar-refractivity contribution in [2.75, 3.05) is 48.0 Å². The second-order valence-corrected chi connectivity index (χ2v) is 11.5.